The van der Waals surface area contributed by atoms with Crippen molar-refractivity contribution in [3.63, 3.8) is 0 Å². The predicted octanol–water partition coefficient (Wildman–Crippen LogP) is 3.25. The minimum absolute atomic E-state index is 0.226. The highest BCUT2D eigenvalue weighted by molar-refractivity contribution is 9.10. The molecule has 112 valence electrons. The van der Waals surface area contributed by atoms with Crippen molar-refractivity contribution < 1.29 is 4.52 Å². The molecular formula is C14H16BrClN4O. The van der Waals surface area contributed by atoms with Crippen LogP contribution in [0.15, 0.2) is 27.2 Å². The van der Waals surface area contributed by atoms with Crippen LogP contribution < -0.4 is 5.73 Å². The number of nitrogens with zero attached hydrogens (tertiary/aromatic N) is 3. The number of likely N-dealkylation sites (tertiary alicyclic amines) is 1. The lowest BCUT2D eigenvalue weighted by molar-refractivity contribution is 0.306. The maximum atomic E-state index is 6.16. The van der Waals surface area contributed by atoms with Crippen LogP contribution in [0.25, 0.3) is 11.5 Å². The van der Waals surface area contributed by atoms with Gasteiger partial charge in [0.05, 0.1) is 11.1 Å². The summed E-state index contributed by atoms with van der Waals surface area (Å²) in [4.78, 5) is 6.73. The highest BCUT2D eigenvalue weighted by Crippen LogP contribution is 2.28. The van der Waals surface area contributed by atoms with Crippen LogP contribution in [0.2, 0.25) is 5.02 Å². The molecule has 2 N–H and O–H groups in total. The van der Waals surface area contributed by atoms with Crippen molar-refractivity contribution in [2.75, 3.05) is 19.6 Å². The summed E-state index contributed by atoms with van der Waals surface area (Å²) in [6, 6.07) is 5.26. The monoisotopic (exact) mass is 370 g/mol. The average molecular weight is 372 g/mol. The topological polar surface area (TPSA) is 68.2 Å². The van der Waals surface area contributed by atoms with E-state index in [1.54, 1.807) is 6.07 Å². The van der Waals surface area contributed by atoms with Crippen LogP contribution in [0.1, 0.15) is 24.7 Å². The fraction of sp³-hybridized carbons (Fsp3) is 0.429. The van der Waals surface area contributed by atoms with Crippen LogP contribution in [0.5, 0.6) is 0 Å². The Morgan fingerprint density at radius 3 is 2.86 bits per heavy atom. The van der Waals surface area contributed by atoms with Crippen LogP contribution in [0.4, 0.5) is 0 Å². The lowest BCUT2D eigenvalue weighted by atomic mass is 10.2. The zero-order chi connectivity index (χ0) is 14.8. The van der Waals surface area contributed by atoms with Crippen LogP contribution in [0.3, 0.4) is 0 Å². The molecule has 1 aromatic carbocycles. The molecule has 21 heavy (non-hydrogen) atoms. The molecule has 1 aliphatic heterocycles. The molecule has 5 nitrogen and oxygen atoms in total. The van der Waals surface area contributed by atoms with Crippen molar-refractivity contribution in [3.05, 3.63) is 33.5 Å². The van der Waals surface area contributed by atoms with E-state index in [1.165, 1.54) is 12.8 Å². The maximum absolute atomic E-state index is 6.16. The number of nitrogens with two attached hydrogens (primary N) is 1. The Kier molecular flexibility index (Phi) is 4.59. The third kappa shape index (κ3) is 3.45. The van der Waals surface area contributed by atoms with E-state index in [4.69, 9.17) is 21.9 Å². The molecule has 7 heteroatoms. The van der Waals surface area contributed by atoms with Crippen molar-refractivity contribution in [1.82, 2.24) is 15.0 Å². The van der Waals surface area contributed by atoms with Crippen molar-refractivity contribution in [2.24, 2.45) is 5.73 Å². The normalized spacial score (nSPS) is 17.3. The lowest BCUT2D eigenvalue weighted by Gasteiger charge is -2.17. The Labute approximate surface area is 136 Å². The molecule has 1 aliphatic rings. The first kappa shape index (κ1) is 15.0. The van der Waals surface area contributed by atoms with E-state index in [1.807, 2.05) is 12.1 Å². The average Bonchev–Trinajstić information content (AvgIpc) is 3.12. The SMILES string of the molecule is NC(CN1CCCC1)c1noc(-c2ccc(Cl)c(Br)c2)n1. The fourth-order valence-corrected chi connectivity index (χ4v) is 2.95. The van der Waals surface area contributed by atoms with Gasteiger partial charge in [-0.3, -0.25) is 0 Å². The Hall–Kier alpha value is -0.950. The van der Waals surface area contributed by atoms with Gasteiger partial charge in [0.2, 0.25) is 0 Å². The zero-order valence-electron chi connectivity index (χ0n) is 11.4. The van der Waals surface area contributed by atoms with E-state index in [0.29, 0.717) is 16.7 Å². The summed E-state index contributed by atoms with van der Waals surface area (Å²) in [7, 11) is 0. The summed E-state index contributed by atoms with van der Waals surface area (Å²) < 4.78 is 6.10. The van der Waals surface area contributed by atoms with Gasteiger partial charge in [-0.25, -0.2) is 0 Å². The first-order chi connectivity index (χ1) is 10.1. The van der Waals surface area contributed by atoms with Crippen LogP contribution in [-0.4, -0.2) is 34.7 Å². The molecule has 0 saturated carbocycles. The molecule has 0 amide bonds. The molecular weight excluding hydrogens is 356 g/mol. The van der Waals surface area contributed by atoms with Gasteiger partial charge in [-0.05, 0) is 60.1 Å². The van der Waals surface area contributed by atoms with Gasteiger partial charge in [0.15, 0.2) is 5.82 Å². The molecule has 3 rings (SSSR count). The fourth-order valence-electron chi connectivity index (χ4n) is 2.46. The largest absolute Gasteiger partial charge is 0.334 e. The molecule has 0 spiro atoms. The highest BCUT2D eigenvalue weighted by atomic mass is 79.9. The number of rotatable bonds is 4. The Balaban J connectivity index is 1.74. The second-order valence-corrected chi connectivity index (χ2v) is 6.46. The van der Waals surface area contributed by atoms with Crippen molar-refractivity contribution in [1.29, 1.82) is 0 Å². The Morgan fingerprint density at radius 1 is 1.38 bits per heavy atom. The van der Waals surface area contributed by atoms with Crippen LogP contribution >= 0.6 is 27.5 Å². The number of hydrogen-bond donors (Lipinski definition) is 1. The Morgan fingerprint density at radius 2 is 2.14 bits per heavy atom. The summed E-state index contributed by atoms with van der Waals surface area (Å²) in [5.41, 5.74) is 6.98. The van der Waals surface area contributed by atoms with Crippen molar-refractivity contribution in [2.45, 2.75) is 18.9 Å². The summed E-state index contributed by atoms with van der Waals surface area (Å²) in [6.07, 6.45) is 2.48. The second-order valence-electron chi connectivity index (χ2n) is 5.20. The molecule has 1 unspecified atom stereocenters. The summed E-state index contributed by atoms with van der Waals surface area (Å²) in [6.45, 7) is 2.97. The summed E-state index contributed by atoms with van der Waals surface area (Å²) in [5, 5.41) is 4.64. The van der Waals surface area contributed by atoms with E-state index in [9.17, 15) is 0 Å². The van der Waals surface area contributed by atoms with Gasteiger partial charge in [-0.2, -0.15) is 4.98 Å². The summed E-state index contributed by atoms with van der Waals surface area (Å²) >= 11 is 9.36. The smallest absolute Gasteiger partial charge is 0.258 e. The number of hydrogen-bond acceptors (Lipinski definition) is 5. The first-order valence-corrected chi connectivity index (χ1v) is 8.07. The quantitative estimate of drug-likeness (QED) is 0.893. The molecule has 1 saturated heterocycles. The predicted molar refractivity (Wildman–Crippen MR) is 85.0 cm³/mol. The summed E-state index contributed by atoms with van der Waals surface area (Å²) in [5.74, 6) is 1.00. The number of benzene rings is 1. The first-order valence-electron chi connectivity index (χ1n) is 6.90. The van der Waals surface area contributed by atoms with Gasteiger partial charge in [0.25, 0.3) is 5.89 Å². The van der Waals surface area contributed by atoms with Gasteiger partial charge in [0.1, 0.15) is 0 Å². The molecule has 1 fully saturated rings. The van der Waals surface area contributed by atoms with Crippen molar-refractivity contribution in [3.8, 4) is 11.5 Å². The van der Waals surface area contributed by atoms with E-state index in [-0.39, 0.29) is 6.04 Å². The van der Waals surface area contributed by atoms with E-state index >= 15 is 0 Å². The zero-order valence-corrected chi connectivity index (χ0v) is 13.8. The third-order valence-corrected chi connectivity index (χ3v) is 4.81. The van der Waals surface area contributed by atoms with Gasteiger partial charge in [-0.15, -0.1) is 0 Å². The van der Waals surface area contributed by atoms with Gasteiger partial charge < -0.3 is 15.2 Å². The third-order valence-electron chi connectivity index (χ3n) is 3.59. The van der Waals surface area contributed by atoms with Gasteiger partial charge >= 0.3 is 0 Å². The minimum atomic E-state index is -0.226. The molecule has 0 radical (unpaired) electrons. The minimum Gasteiger partial charge on any atom is -0.334 e. The second kappa shape index (κ2) is 6.44. The maximum Gasteiger partial charge on any atom is 0.258 e. The molecule has 1 aromatic heterocycles. The molecule has 2 aromatic rings. The molecule has 0 aliphatic carbocycles. The Bertz CT molecular complexity index is 627. The van der Waals surface area contributed by atoms with Gasteiger partial charge in [0, 0.05) is 16.6 Å². The van der Waals surface area contributed by atoms with Gasteiger partial charge in [-0.1, -0.05) is 16.8 Å². The van der Waals surface area contributed by atoms with Crippen LogP contribution in [0, 0.1) is 0 Å². The molecule has 0 bridgehead atoms. The number of halogens is 2. The lowest BCUT2D eigenvalue weighted by Crippen LogP contribution is -2.30. The highest BCUT2D eigenvalue weighted by Gasteiger charge is 2.20. The van der Waals surface area contributed by atoms with E-state index < -0.39 is 0 Å². The van der Waals surface area contributed by atoms with E-state index in [2.05, 4.69) is 31.0 Å². The molecule has 1 atom stereocenters. The van der Waals surface area contributed by atoms with Crippen LogP contribution in [-0.2, 0) is 0 Å². The number of aromatic nitrogens is 2. The van der Waals surface area contributed by atoms with E-state index in [0.717, 1.165) is 29.7 Å². The standard InChI is InChI=1S/C14H16BrClN4O/c15-10-7-9(3-4-11(10)16)14-18-13(19-21-14)12(17)8-20-5-1-2-6-20/h3-4,7,12H,1-2,5-6,8,17H2. The molecule has 2 heterocycles. The van der Waals surface area contributed by atoms with Crippen molar-refractivity contribution >= 4 is 27.5 Å².